The topological polar surface area (TPSA) is 143 Å². The quantitative estimate of drug-likeness (QED) is 0.236. The van der Waals surface area contributed by atoms with E-state index in [1.807, 2.05) is 45.0 Å². The van der Waals surface area contributed by atoms with E-state index in [-0.39, 0.29) is 78.5 Å². The number of likely N-dealkylation sites (N-methyl/N-ethyl adjacent to an activating group) is 1. The number of fused-ring (bicyclic) bond motifs is 5. The van der Waals surface area contributed by atoms with Gasteiger partial charge >= 0.3 is 5.97 Å². The van der Waals surface area contributed by atoms with Gasteiger partial charge in [0, 0.05) is 49.9 Å². The van der Waals surface area contributed by atoms with Crippen molar-refractivity contribution in [2.45, 2.75) is 165 Å². The zero-order chi connectivity index (χ0) is 43.7. The summed E-state index contributed by atoms with van der Waals surface area (Å²) in [7, 11) is 9.03. The lowest BCUT2D eigenvalue weighted by Crippen LogP contribution is -2.59. The summed E-state index contributed by atoms with van der Waals surface area (Å²) < 4.78 is 50.1. The SMILES string of the molecule is CC[C@H]1CCC[C@H](O[C@H]2CC[C@H](N(C)C)C(C)O2)[C@@H](C)C(=O)C2=C[C@H]3[C@@H]4C[C@H](O[C@@H]5OC(C)[C@H](OC)C(OC)C5OC)C[C@H]4[C@@H](O)[C@H](Nc4cccc(Cl)c4)[C@H]3[C@@H]2CC(=O)O1. The molecule has 2 N–H and O–H groups in total. The monoisotopic (exact) mass is 874 g/mol. The summed E-state index contributed by atoms with van der Waals surface area (Å²) in [5, 5.41) is 16.8. The maximum Gasteiger partial charge on any atom is 0.306 e. The van der Waals surface area contributed by atoms with Crippen LogP contribution in [0, 0.1) is 35.5 Å². The van der Waals surface area contributed by atoms with Gasteiger partial charge in [0.2, 0.25) is 0 Å². The van der Waals surface area contributed by atoms with Crippen molar-refractivity contribution in [1.82, 2.24) is 4.90 Å². The van der Waals surface area contributed by atoms with E-state index in [4.69, 9.17) is 49.5 Å². The molecule has 6 aliphatic rings. The second-order valence-corrected chi connectivity index (χ2v) is 19.2. The Kier molecular flexibility index (Phi) is 15.6. The van der Waals surface area contributed by atoms with Crippen LogP contribution in [0.5, 0.6) is 0 Å². The van der Waals surface area contributed by atoms with Crippen molar-refractivity contribution in [3.63, 3.8) is 0 Å². The lowest BCUT2D eigenvalue weighted by molar-refractivity contribution is -0.314. The standard InChI is InChI=1S/C47H71ClN2O11/c1-10-29-15-12-16-37(61-39-18-17-36(50(5)6)25(3)57-39)24(2)42(52)35-22-32-31-20-30(60-47-46(56-9)45(55-8)44(54-7)26(4)58-47)21-34(31)43(53)41(40(32)33(35)23-38(51)59-29)49-28-14-11-13-27(48)19-28/h11,13-14,19,22,24-26,29-34,36-37,39-41,43-47,49,53H,10,12,15-18,20-21,23H2,1-9H3/t24-,25?,26?,29+,30+,31+,32+,33-,34-,36+,37+,39+,40-,41-,43-,44+,45?,46?,47+/m1/s1. The number of carbonyl (C=O) groups is 2. The van der Waals surface area contributed by atoms with E-state index in [1.54, 1.807) is 21.3 Å². The Hall–Kier alpha value is -2.17. The van der Waals surface area contributed by atoms with E-state index in [1.165, 1.54) is 0 Å². The fraction of sp³-hybridized carbons (Fsp3) is 0.787. The van der Waals surface area contributed by atoms with E-state index in [2.05, 4.69) is 37.3 Å². The molecule has 3 heterocycles. The highest BCUT2D eigenvalue weighted by Crippen LogP contribution is 2.57. The van der Waals surface area contributed by atoms with Crippen molar-refractivity contribution < 1.29 is 52.6 Å². The molecule has 3 saturated heterocycles. The van der Waals surface area contributed by atoms with Gasteiger partial charge in [-0.2, -0.15) is 0 Å². The smallest absolute Gasteiger partial charge is 0.306 e. The van der Waals surface area contributed by atoms with Crippen LogP contribution in [0.4, 0.5) is 5.69 Å². The van der Waals surface area contributed by atoms with Crippen LogP contribution in [0.1, 0.15) is 85.5 Å². The number of Topliss-reactive ketones (excluding diaryl/α,β-unsaturated/α-hetero) is 1. The number of cyclic esters (lactones) is 1. The molecule has 342 valence electrons. The number of esters is 1. The van der Waals surface area contributed by atoms with Gasteiger partial charge in [-0.15, -0.1) is 0 Å². The van der Waals surface area contributed by atoms with Crippen molar-refractivity contribution in [1.29, 1.82) is 0 Å². The van der Waals surface area contributed by atoms with Crippen LogP contribution in [-0.4, -0.2) is 137 Å². The lowest BCUT2D eigenvalue weighted by Gasteiger charge is -2.47. The summed E-state index contributed by atoms with van der Waals surface area (Å²) >= 11 is 6.49. The number of hydrogen-bond donors (Lipinski definition) is 2. The molecule has 14 heteroatoms. The van der Waals surface area contributed by atoms with Crippen molar-refractivity contribution in [2.75, 3.05) is 40.7 Å². The Morgan fingerprint density at radius 1 is 0.902 bits per heavy atom. The molecule has 0 bridgehead atoms. The van der Waals surface area contributed by atoms with Crippen LogP contribution in [0.3, 0.4) is 0 Å². The van der Waals surface area contributed by atoms with E-state index in [0.717, 1.165) is 24.9 Å². The normalized spacial score (nSPS) is 43.3. The van der Waals surface area contributed by atoms with Gasteiger partial charge < -0.3 is 53.2 Å². The van der Waals surface area contributed by atoms with E-state index in [0.29, 0.717) is 48.7 Å². The third-order valence-corrected chi connectivity index (χ3v) is 15.3. The zero-order valence-electron chi connectivity index (χ0n) is 37.6. The third-order valence-electron chi connectivity index (χ3n) is 15.1. The molecule has 1 aromatic rings. The summed E-state index contributed by atoms with van der Waals surface area (Å²) in [6.07, 6.45) is 3.28. The number of nitrogens with zero attached hydrogens (tertiary/aromatic N) is 1. The van der Waals surface area contributed by atoms with E-state index in [9.17, 15) is 9.90 Å². The predicted molar refractivity (Wildman–Crippen MR) is 230 cm³/mol. The molecular formula is C47H71ClN2O11. The number of carbonyl (C=O) groups excluding carboxylic acids is 2. The predicted octanol–water partition coefficient (Wildman–Crippen LogP) is 6.43. The van der Waals surface area contributed by atoms with Crippen LogP contribution in [0.25, 0.3) is 0 Å². The Bertz CT molecular complexity index is 1680. The van der Waals surface area contributed by atoms with E-state index >= 15 is 4.79 Å². The molecule has 0 aromatic heterocycles. The molecule has 0 amide bonds. The third kappa shape index (κ3) is 9.92. The van der Waals surface area contributed by atoms with Crippen LogP contribution >= 0.6 is 11.6 Å². The fourth-order valence-electron chi connectivity index (χ4n) is 12.0. The Labute approximate surface area is 367 Å². The van der Waals surface area contributed by atoms with Crippen molar-refractivity contribution >= 4 is 29.0 Å². The molecule has 0 spiro atoms. The first-order valence-electron chi connectivity index (χ1n) is 22.8. The number of hydrogen-bond acceptors (Lipinski definition) is 13. The van der Waals surface area contributed by atoms with Gasteiger partial charge in [0.1, 0.15) is 24.4 Å². The van der Waals surface area contributed by atoms with Gasteiger partial charge in [0.15, 0.2) is 18.4 Å². The zero-order valence-corrected chi connectivity index (χ0v) is 38.3. The molecule has 3 aliphatic heterocycles. The second kappa shape index (κ2) is 20.3. The minimum atomic E-state index is -0.832. The number of methoxy groups -OCH3 is 3. The summed E-state index contributed by atoms with van der Waals surface area (Å²) in [4.78, 5) is 31.4. The summed E-state index contributed by atoms with van der Waals surface area (Å²) in [6.45, 7) is 8.04. The number of allylic oxidation sites excluding steroid dienone is 2. The molecule has 1 aromatic carbocycles. The van der Waals surface area contributed by atoms with Crippen LogP contribution in [-0.2, 0) is 47.5 Å². The number of aliphatic hydroxyl groups is 1. The molecule has 3 aliphatic carbocycles. The first kappa shape index (κ1) is 46.8. The number of aliphatic hydroxyl groups excluding tert-OH is 1. The van der Waals surface area contributed by atoms with Crippen LogP contribution < -0.4 is 5.32 Å². The summed E-state index contributed by atoms with van der Waals surface area (Å²) in [5.41, 5.74) is 1.38. The van der Waals surface area contributed by atoms with Gasteiger partial charge in [0.05, 0.1) is 43.0 Å². The van der Waals surface area contributed by atoms with Crippen molar-refractivity contribution in [3.05, 3.63) is 40.9 Å². The molecule has 7 rings (SSSR count). The van der Waals surface area contributed by atoms with Gasteiger partial charge in [0.25, 0.3) is 0 Å². The van der Waals surface area contributed by atoms with Crippen molar-refractivity contribution in [2.24, 2.45) is 35.5 Å². The van der Waals surface area contributed by atoms with Crippen LogP contribution in [0.15, 0.2) is 35.9 Å². The van der Waals surface area contributed by atoms with Crippen molar-refractivity contribution in [3.8, 4) is 0 Å². The first-order chi connectivity index (χ1) is 29.3. The lowest BCUT2D eigenvalue weighted by atomic mass is 9.62. The van der Waals surface area contributed by atoms with Gasteiger partial charge in [-0.1, -0.05) is 37.6 Å². The van der Waals surface area contributed by atoms with E-state index < -0.39 is 48.8 Å². The minimum absolute atomic E-state index is 0.0143. The molecule has 19 atom stereocenters. The molecule has 2 saturated carbocycles. The number of halogens is 1. The number of nitrogens with one attached hydrogen (secondary N) is 1. The number of ether oxygens (including phenoxy) is 8. The summed E-state index contributed by atoms with van der Waals surface area (Å²) in [6, 6.07) is 7.24. The van der Waals surface area contributed by atoms with Gasteiger partial charge in [-0.25, -0.2) is 0 Å². The molecular weight excluding hydrogens is 804 g/mol. The highest BCUT2D eigenvalue weighted by Gasteiger charge is 2.60. The fourth-order valence-corrected chi connectivity index (χ4v) is 12.2. The summed E-state index contributed by atoms with van der Waals surface area (Å²) in [5.74, 6) is -2.00. The number of rotatable bonds is 11. The number of benzene rings is 1. The Balaban J connectivity index is 1.21. The second-order valence-electron chi connectivity index (χ2n) is 18.8. The number of ketones is 1. The van der Waals surface area contributed by atoms with Gasteiger partial charge in [-0.3, -0.25) is 9.59 Å². The highest BCUT2D eigenvalue weighted by atomic mass is 35.5. The molecule has 0 radical (unpaired) electrons. The molecule has 13 nitrogen and oxygen atoms in total. The maximum atomic E-state index is 15.2. The van der Waals surface area contributed by atoms with Crippen LogP contribution in [0.2, 0.25) is 5.02 Å². The first-order valence-corrected chi connectivity index (χ1v) is 23.2. The largest absolute Gasteiger partial charge is 0.462 e. The Morgan fingerprint density at radius 3 is 2.31 bits per heavy atom. The maximum absolute atomic E-state index is 15.2. The molecule has 4 unspecified atom stereocenters. The number of anilines is 1. The average Bonchev–Trinajstić information content (AvgIpc) is 3.82. The Morgan fingerprint density at radius 2 is 1.64 bits per heavy atom. The average molecular weight is 876 g/mol. The molecule has 5 fully saturated rings. The van der Waals surface area contributed by atoms with Gasteiger partial charge in [-0.05, 0) is 127 Å². The minimum Gasteiger partial charge on any atom is -0.462 e. The molecule has 61 heavy (non-hydrogen) atoms. The highest BCUT2D eigenvalue weighted by molar-refractivity contribution is 6.30.